The number of rotatable bonds is 6. The van der Waals surface area contributed by atoms with Crippen molar-refractivity contribution in [3.8, 4) is 0 Å². The van der Waals surface area contributed by atoms with Crippen molar-refractivity contribution in [3.05, 3.63) is 90.1 Å². The van der Waals surface area contributed by atoms with E-state index in [-0.39, 0.29) is 5.91 Å². The summed E-state index contributed by atoms with van der Waals surface area (Å²) >= 11 is 0. The Bertz CT molecular complexity index is 725. The van der Waals surface area contributed by atoms with Gasteiger partial charge in [-0.05, 0) is 30.2 Å². The lowest BCUT2D eigenvalue weighted by Gasteiger charge is -2.22. The molecule has 0 fully saturated rings. The third kappa shape index (κ3) is 4.07. The van der Waals surface area contributed by atoms with Crippen LogP contribution < -0.4 is 0 Å². The second-order valence-electron chi connectivity index (χ2n) is 5.30. The Morgan fingerprint density at radius 3 is 2.57 bits per heavy atom. The number of furan rings is 1. The van der Waals surface area contributed by atoms with Crippen LogP contribution in [-0.4, -0.2) is 22.3 Å². The van der Waals surface area contributed by atoms with Crippen molar-refractivity contribution in [1.82, 2.24) is 9.88 Å². The molecule has 0 unspecified atom stereocenters. The van der Waals surface area contributed by atoms with E-state index in [1.54, 1.807) is 17.2 Å². The molecule has 4 nitrogen and oxygen atoms in total. The zero-order valence-electron chi connectivity index (χ0n) is 12.8. The smallest absolute Gasteiger partial charge is 0.257 e. The molecule has 116 valence electrons. The van der Waals surface area contributed by atoms with Gasteiger partial charge in [-0.25, -0.2) is 0 Å². The van der Waals surface area contributed by atoms with Gasteiger partial charge < -0.3 is 9.32 Å². The van der Waals surface area contributed by atoms with Crippen molar-refractivity contribution in [1.29, 1.82) is 0 Å². The molecular weight excluding hydrogens is 288 g/mol. The first-order chi connectivity index (χ1) is 11.3. The van der Waals surface area contributed by atoms with E-state index in [1.165, 1.54) is 18.1 Å². The number of carbonyl (C=O) groups excluding carboxylic acids is 1. The van der Waals surface area contributed by atoms with Crippen molar-refractivity contribution < 1.29 is 9.21 Å². The van der Waals surface area contributed by atoms with Gasteiger partial charge in [-0.1, -0.05) is 36.4 Å². The zero-order valence-corrected chi connectivity index (χ0v) is 12.8. The van der Waals surface area contributed by atoms with E-state index >= 15 is 0 Å². The lowest BCUT2D eigenvalue weighted by Crippen LogP contribution is -2.32. The molecule has 0 bridgehead atoms. The molecule has 0 N–H and O–H groups in total. The van der Waals surface area contributed by atoms with E-state index in [9.17, 15) is 4.79 Å². The van der Waals surface area contributed by atoms with Crippen molar-refractivity contribution in [2.45, 2.75) is 13.0 Å². The third-order valence-corrected chi connectivity index (χ3v) is 3.65. The number of amides is 1. The van der Waals surface area contributed by atoms with E-state index < -0.39 is 0 Å². The van der Waals surface area contributed by atoms with E-state index in [1.807, 2.05) is 36.4 Å². The molecule has 0 saturated heterocycles. The van der Waals surface area contributed by atoms with Crippen molar-refractivity contribution in [2.75, 3.05) is 6.54 Å². The number of hydrogen-bond donors (Lipinski definition) is 0. The minimum Gasteiger partial charge on any atom is -0.472 e. The molecule has 1 amide bonds. The van der Waals surface area contributed by atoms with E-state index in [2.05, 4.69) is 17.1 Å². The molecule has 2 heterocycles. The Morgan fingerprint density at radius 1 is 1.04 bits per heavy atom. The Balaban J connectivity index is 1.74. The fourth-order valence-corrected chi connectivity index (χ4v) is 2.42. The lowest BCUT2D eigenvalue weighted by molar-refractivity contribution is 0.0742. The molecule has 2 aromatic heterocycles. The normalized spacial score (nSPS) is 10.4. The quantitative estimate of drug-likeness (QED) is 0.699. The largest absolute Gasteiger partial charge is 0.472 e. The molecule has 1 aromatic carbocycles. The average Bonchev–Trinajstić information content (AvgIpc) is 3.14. The maximum absolute atomic E-state index is 12.7. The van der Waals surface area contributed by atoms with Crippen LogP contribution in [0.2, 0.25) is 0 Å². The molecule has 0 aliphatic carbocycles. The highest BCUT2D eigenvalue weighted by atomic mass is 16.3. The van der Waals surface area contributed by atoms with Gasteiger partial charge in [0.2, 0.25) is 0 Å². The predicted octanol–water partition coefficient (Wildman–Crippen LogP) is 3.56. The molecule has 0 atom stereocenters. The van der Waals surface area contributed by atoms with Gasteiger partial charge in [0.05, 0.1) is 24.1 Å². The summed E-state index contributed by atoms with van der Waals surface area (Å²) in [7, 11) is 0. The minimum absolute atomic E-state index is 0.0414. The van der Waals surface area contributed by atoms with Crippen LogP contribution in [-0.2, 0) is 13.0 Å². The van der Waals surface area contributed by atoms with Crippen molar-refractivity contribution in [3.63, 3.8) is 0 Å². The zero-order chi connectivity index (χ0) is 15.9. The summed E-state index contributed by atoms with van der Waals surface area (Å²) in [5, 5.41) is 0. The van der Waals surface area contributed by atoms with Gasteiger partial charge in [0, 0.05) is 12.7 Å². The highest BCUT2D eigenvalue weighted by molar-refractivity contribution is 5.93. The molecule has 0 aliphatic rings. The molecule has 4 heteroatoms. The minimum atomic E-state index is -0.0414. The third-order valence-electron chi connectivity index (χ3n) is 3.65. The lowest BCUT2D eigenvalue weighted by atomic mass is 10.1. The highest BCUT2D eigenvalue weighted by Crippen LogP contribution is 2.11. The summed E-state index contributed by atoms with van der Waals surface area (Å²) in [6.45, 7) is 1.11. The average molecular weight is 306 g/mol. The predicted molar refractivity (Wildman–Crippen MR) is 87.8 cm³/mol. The second-order valence-corrected chi connectivity index (χ2v) is 5.30. The molecular formula is C19H18N2O2. The fourth-order valence-electron chi connectivity index (χ4n) is 2.42. The molecule has 3 rings (SSSR count). The van der Waals surface area contributed by atoms with Crippen molar-refractivity contribution >= 4 is 5.91 Å². The Kier molecular flexibility index (Phi) is 4.84. The van der Waals surface area contributed by atoms with E-state index in [0.717, 1.165) is 12.1 Å². The van der Waals surface area contributed by atoms with Gasteiger partial charge in [-0.2, -0.15) is 0 Å². The maximum atomic E-state index is 12.7. The van der Waals surface area contributed by atoms with Gasteiger partial charge >= 0.3 is 0 Å². The van der Waals surface area contributed by atoms with Crippen LogP contribution >= 0.6 is 0 Å². The summed E-state index contributed by atoms with van der Waals surface area (Å²) in [6, 6.07) is 17.6. The first-order valence-electron chi connectivity index (χ1n) is 7.58. The topological polar surface area (TPSA) is 46.3 Å². The summed E-state index contributed by atoms with van der Waals surface area (Å²) < 4.78 is 5.04. The van der Waals surface area contributed by atoms with Crippen LogP contribution in [0.1, 0.15) is 21.6 Å². The summed E-state index contributed by atoms with van der Waals surface area (Å²) in [5.74, 6) is -0.0414. The standard InChI is InChI=1S/C19H18N2O2/c22-19(17-10-13-23-15-17)21(14-18-8-4-5-11-20-18)12-9-16-6-2-1-3-7-16/h1-8,10-11,13,15H,9,12,14H2. The van der Waals surface area contributed by atoms with Crippen molar-refractivity contribution in [2.24, 2.45) is 0 Å². The van der Waals surface area contributed by atoms with Gasteiger partial charge in [0.1, 0.15) is 6.26 Å². The van der Waals surface area contributed by atoms with Crippen LogP contribution in [0.15, 0.2) is 77.7 Å². The summed E-state index contributed by atoms with van der Waals surface area (Å²) in [4.78, 5) is 18.8. The van der Waals surface area contributed by atoms with Crippen LogP contribution in [0.25, 0.3) is 0 Å². The molecule has 23 heavy (non-hydrogen) atoms. The number of carbonyl (C=O) groups is 1. The Labute approximate surface area is 135 Å². The molecule has 0 spiro atoms. The Morgan fingerprint density at radius 2 is 1.87 bits per heavy atom. The molecule has 0 saturated carbocycles. The molecule has 0 radical (unpaired) electrons. The van der Waals surface area contributed by atoms with Crippen LogP contribution in [0.5, 0.6) is 0 Å². The monoisotopic (exact) mass is 306 g/mol. The summed E-state index contributed by atoms with van der Waals surface area (Å²) in [6.07, 6.45) is 5.55. The van der Waals surface area contributed by atoms with Crippen LogP contribution in [0.4, 0.5) is 0 Å². The molecule has 3 aromatic rings. The Hall–Kier alpha value is -2.88. The van der Waals surface area contributed by atoms with E-state index in [0.29, 0.717) is 18.7 Å². The highest BCUT2D eigenvalue weighted by Gasteiger charge is 2.17. The van der Waals surface area contributed by atoms with Gasteiger partial charge in [0.25, 0.3) is 5.91 Å². The number of benzene rings is 1. The van der Waals surface area contributed by atoms with E-state index in [4.69, 9.17) is 4.42 Å². The molecule has 0 aliphatic heterocycles. The van der Waals surface area contributed by atoms with Crippen LogP contribution in [0, 0.1) is 0 Å². The van der Waals surface area contributed by atoms with Gasteiger partial charge in [0.15, 0.2) is 0 Å². The van der Waals surface area contributed by atoms with Crippen LogP contribution in [0.3, 0.4) is 0 Å². The number of nitrogens with zero attached hydrogens (tertiary/aromatic N) is 2. The number of hydrogen-bond acceptors (Lipinski definition) is 3. The maximum Gasteiger partial charge on any atom is 0.257 e. The second kappa shape index (κ2) is 7.40. The number of pyridine rings is 1. The number of aromatic nitrogens is 1. The fraction of sp³-hybridized carbons (Fsp3) is 0.158. The van der Waals surface area contributed by atoms with Gasteiger partial charge in [-0.3, -0.25) is 9.78 Å². The SMILES string of the molecule is O=C(c1ccoc1)N(CCc1ccccc1)Cc1ccccn1. The van der Waals surface area contributed by atoms with Gasteiger partial charge in [-0.15, -0.1) is 0 Å². The first-order valence-corrected chi connectivity index (χ1v) is 7.58. The first kappa shape index (κ1) is 15.0. The summed E-state index contributed by atoms with van der Waals surface area (Å²) in [5.41, 5.74) is 2.64.